The van der Waals surface area contributed by atoms with Gasteiger partial charge in [0.1, 0.15) is 0 Å². The van der Waals surface area contributed by atoms with Crippen LogP contribution in [0.5, 0.6) is 0 Å². The highest BCUT2D eigenvalue weighted by Crippen LogP contribution is 2.18. The van der Waals surface area contributed by atoms with Crippen LogP contribution in [0.15, 0.2) is 18.2 Å². The molecule has 2 rings (SSSR count). The number of nitrogens with one attached hydrogen (secondary N) is 1. The molecule has 1 amide bonds. The summed E-state index contributed by atoms with van der Waals surface area (Å²) in [6, 6.07) is 5.25. The van der Waals surface area contributed by atoms with Gasteiger partial charge < -0.3 is 16.0 Å². The third-order valence-corrected chi connectivity index (χ3v) is 4.04. The van der Waals surface area contributed by atoms with E-state index in [1.807, 2.05) is 0 Å². The molecule has 6 heteroatoms. The third kappa shape index (κ3) is 3.62. The topological polar surface area (TPSA) is 61.6 Å². The molecule has 1 aromatic carbocycles. The number of piperazine rings is 1. The van der Waals surface area contributed by atoms with Crippen molar-refractivity contribution < 1.29 is 4.79 Å². The maximum absolute atomic E-state index is 12.2. The SMILES string of the molecule is CN1CCN(C)C(CNC(=O)c2cc(N)ccc2Cl)C1. The molecule has 1 aliphatic rings. The number of likely N-dealkylation sites (N-methyl/N-ethyl adjacent to an activating group) is 2. The van der Waals surface area contributed by atoms with Gasteiger partial charge in [0.2, 0.25) is 0 Å². The maximum Gasteiger partial charge on any atom is 0.252 e. The Morgan fingerprint density at radius 1 is 1.45 bits per heavy atom. The van der Waals surface area contributed by atoms with Gasteiger partial charge in [-0.05, 0) is 32.3 Å². The van der Waals surface area contributed by atoms with Crippen molar-refractivity contribution in [2.45, 2.75) is 6.04 Å². The van der Waals surface area contributed by atoms with Gasteiger partial charge in [0.05, 0.1) is 10.6 Å². The van der Waals surface area contributed by atoms with Crippen molar-refractivity contribution in [2.75, 3.05) is 46.0 Å². The van der Waals surface area contributed by atoms with Gasteiger partial charge in [-0.25, -0.2) is 0 Å². The van der Waals surface area contributed by atoms with E-state index < -0.39 is 0 Å². The standard InChI is InChI=1S/C14H21ClN4O/c1-18-5-6-19(2)11(9-18)8-17-14(20)12-7-10(16)3-4-13(12)15/h3-4,7,11H,5-6,8-9,16H2,1-2H3,(H,17,20). The van der Waals surface area contributed by atoms with Crippen molar-refractivity contribution in [3.8, 4) is 0 Å². The summed E-state index contributed by atoms with van der Waals surface area (Å²) < 4.78 is 0. The second-order valence-electron chi connectivity index (χ2n) is 5.35. The lowest BCUT2D eigenvalue weighted by molar-refractivity contribution is 0.0881. The van der Waals surface area contributed by atoms with E-state index in [1.54, 1.807) is 18.2 Å². The van der Waals surface area contributed by atoms with E-state index in [-0.39, 0.29) is 5.91 Å². The number of amides is 1. The zero-order valence-electron chi connectivity index (χ0n) is 11.9. The molecule has 1 aliphatic heterocycles. The number of carbonyl (C=O) groups excluding carboxylic acids is 1. The number of benzene rings is 1. The van der Waals surface area contributed by atoms with E-state index >= 15 is 0 Å². The first-order chi connectivity index (χ1) is 9.47. The second kappa shape index (κ2) is 6.43. The fourth-order valence-electron chi connectivity index (χ4n) is 2.34. The van der Waals surface area contributed by atoms with E-state index in [4.69, 9.17) is 17.3 Å². The lowest BCUT2D eigenvalue weighted by Crippen LogP contribution is -2.54. The van der Waals surface area contributed by atoms with Gasteiger partial charge in [0.25, 0.3) is 5.91 Å². The molecule has 1 saturated heterocycles. The molecular formula is C14H21ClN4O. The molecule has 0 aromatic heterocycles. The fourth-order valence-corrected chi connectivity index (χ4v) is 2.55. The number of anilines is 1. The Labute approximate surface area is 124 Å². The molecule has 1 heterocycles. The van der Waals surface area contributed by atoms with Crippen LogP contribution in [-0.2, 0) is 0 Å². The smallest absolute Gasteiger partial charge is 0.252 e. The molecule has 0 saturated carbocycles. The first kappa shape index (κ1) is 15.1. The average Bonchev–Trinajstić information content (AvgIpc) is 2.42. The van der Waals surface area contributed by atoms with Crippen LogP contribution in [0.2, 0.25) is 5.02 Å². The van der Waals surface area contributed by atoms with Crippen molar-refractivity contribution in [1.29, 1.82) is 0 Å². The molecule has 1 fully saturated rings. The Morgan fingerprint density at radius 2 is 2.20 bits per heavy atom. The van der Waals surface area contributed by atoms with Crippen molar-refractivity contribution in [1.82, 2.24) is 15.1 Å². The lowest BCUT2D eigenvalue weighted by Gasteiger charge is -2.37. The molecule has 5 nitrogen and oxygen atoms in total. The molecule has 1 aromatic rings. The lowest BCUT2D eigenvalue weighted by atomic mass is 10.1. The molecule has 3 N–H and O–H groups in total. The first-order valence-electron chi connectivity index (χ1n) is 6.69. The second-order valence-corrected chi connectivity index (χ2v) is 5.75. The Morgan fingerprint density at radius 3 is 2.95 bits per heavy atom. The Kier molecular flexibility index (Phi) is 4.86. The Bertz CT molecular complexity index is 494. The number of hydrogen-bond donors (Lipinski definition) is 2. The van der Waals surface area contributed by atoms with Crippen LogP contribution >= 0.6 is 11.6 Å². The molecule has 0 bridgehead atoms. The predicted molar refractivity (Wildman–Crippen MR) is 82.1 cm³/mol. The minimum absolute atomic E-state index is 0.177. The molecule has 1 atom stereocenters. The summed E-state index contributed by atoms with van der Waals surface area (Å²) in [6.07, 6.45) is 0. The summed E-state index contributed by atoms with van der Waals surface area (Å²) >= 11 is 6.03. The average molecular weight is 297 g/mol. The quantitative estimate of drug-likeness (QED) is 0.814. The Balaban J connectivity index is 1.96. The number of halogens is 1. The number of nitrogen functional groups attached to an aromatic ring is 1. The van der Waals surface area contributed by atoms with Gasteiger partial charge in [-0.3, -0.25) is 9.69 Å². The summed E-state index contributed by atoms with van der Waals surface area (Å²) in [4.78, 5) is 16.7. The van der Waals surface area contributed by atoms with Crippen LogP contribution in [0.25, 0.3) is 0 Å². The largest absolute Gasteiger partial charge is 0.399 e. The van der Waals surface area contributed by atoms with Crippen molar-refractivity contribution in [3.05, 3.63) is 28.8 Å². The van der Waals surface area contributed by atoms with Crippen LogP contribution in [0.4, 0.5) is 5.69 Å². The fraction of sp³-hybridized carbons (Fsp3) is 0.500. The highest BCUT2D eigenvalue weighted by atomic mass is 35.5. The van der Waals surface area contributed by atoms with E-state index in [9.17, 15) is 4.79 Å². The highest BCUT2D eigenvalue weighted by molar-refractivity contribution is 6.34. The van der Waals surface area contributed by atoms with Crippen LogP contribution < -0.4 is 11.1 Å². The van der Waals surface area contributed by atoms with E-state index in [0.717, 1.165) is 19.6 Å². The zero-order valence-corrected chi connectivity index (χ0v) is 12.7. The molecule has 110 valence electrons. The van der Waals surface area contributed by atoms with Gasteiger partial charge in [-0.1, -0.05) is 11.6 Å². The van der Waals surface area contributed by atoms with Gasteiger partial charge in [0, 0.05) is 37.9 Å². The minimum atomic E-state index is -0.177. The van der Waals surface area contributed by atoms with Crippen LogP contribution in [0, 0.1) is 0 Å². The minimum Gasteiger partial charge on any atom is -0.399 e. The van der Waals surface area contributed by atoms with Crippen LogP contribution in [0.1, 0.15) is 10.4 Å². The van der Waals surface area contributed by atoms with Gasteiger partial charge in [-0.15, -0.1) is 0 Å². The number of hydrogen-bond acceptors (Lipinski definition) is 4. The van der Waals surface area contributed by atoms with E-state index in [1.165, 1.54) is 0 Å². The van der Waals surface area contributed by atoms with Gasteiger partial charge >= 0.3 is 0 Å². The maximum atomic E-state index is 12.2. The molecule has 0 radical (unpaired) electrons. The predicted octanol–water partition coefficient (Wildman–Crippen LogP) is 0.898. The molecular weight excluding hydrogens is 276 g/mol. The number of nitrogens with two attached hydrogens (primary N) is 1. The van der Waals surface area contributed by atoms with Crippen LogP contribution in [0.3, 0.4) is 0 Å². The number of carbonyl (C=O) groups is 1. The number of rotatable bonds is 3. The summed E-state index contributed by atoms with van der Waals surface area (Å²) in [5, 5.41) is 3.36. The normalized spacial score (nSPS) is 20.9. The molecule has 1 unspecified atom stereocenters. The summed E-state index contributed by atoms with van der Waals surface area (Å²) in [6.45, 7) is 3.62. The highest BCUT2D eigenvalue weighted by Gasteiger charge is 2.23. The van der Waals surface area contributed by atoms with Crippen molar-refractivity contribution in [2.24, 2.45) is 0 Å². The molecule has 0 spiro atoms. The molecule has 20 heavy (non-hydrogen) atoms. The van der Waals surface area contributed by atoms with Gasteiger partial charge in [0.15, 0.2) is 0 Å². The van der Waals surface area contributed by atoms with Gasteiger partial charge in [-0.2, -0.15) is 0 Å². The monoisotopic (exact) mass is 296 g/mol. The summed E-state index contributed by atoms with van der Waals surface area (Å²) in [5.41, 5.74) is 6.66. The number of nitrogens with zero attached hydrogens (tertiary/aromatic N) is 2. The summed E-state index contributed by atoms with van der Waals surface area (Å²) in [5.74, 6) is -0.177. The summed E-state index contributed by atoms with van der Waals surface area (Å²) in [7, 11) is 4.17. The first-order valence-corrected chi connectivity index (χ1v) is 7.07. The van der Waals surface area contributed by atoms with Crippen molar-refractivity contribution in [3.63, 3.8) is 0 Å². The van der Waals surface area contributed by atoms with E-state index in [0.29, 0.717) is 28.9 Å². The van der Waals surface area contributed by atoms with Crippen LogP contribution in [-0.4, -0.2) is 62.0 Å². The van der Waals surface area contributed by atoms with Crippen molar-refractivity contribution >= 4 is 23.2 Å². The molecule has 0 aliphatic carbocycles. The Hall–Kier alpha value is -1.30. The third-order valence-electron chi connectivity index (χ3n) is 3.71. The van der Waals surface area contributed by atoms with E-state index in [2.05, 4.69) is 29.2 Å². The zero-order chi connectivity index (χ0) is 14.7.